The fourth-order valence-corrected chi connectivity index (χ4v) is 2.79. The molecule has 0 spiro atoms. The average molecular weight is 301 g/mol. The SMILES string of the molecule is COC1C(Br)CC1OCCOc1ccccc1. The summed E-state index contributed by atoms with van der Waals surface area (Å²) in [7, 11) is 1.72. The van der Waals surface area contributed by atoms with E-state index in [1.165, 1.54) is 0 Å². The predicted octanol–water partition coefficient (Wildman–Crippen LogP) is 2.63. The molecule has 0 radical (unpaired) electrons. The molecule has 1 fully saturated rings. The third-order valence-corrected chi connectivity index (χ3v) is 3.77. The molecular weight excluding hydrogens is 284 g/mol. The van der Waals surface area contributed by atoms with Gasteiger partial charge in [0.2, 0.25) is 0 Å². The topological polar surface area (TPSA) is 27.7 Å². The van der Waals surface area contributed by atoms with Gasteiger partial charge in [-0.15, -0.1) is 0 Å². The number of halogens is 1. The van der Waals surface area contributed by atoms with Crippen LogP contribution in [0.3, 0.4) is 0 Å². The predicted molar refractivity (Wildman–Crippen MR) is 69.8 cm³/mol. The molecule has 3 nitrogen and oxygen atoms in total. The lowest BCUT2D eigenvalue weighted by Gasteiger charge is -2.39. The van der Waals surface area contributed by atoms with Crippen molar-refractivity contribution in [3.63, 3.8) is 0 Å². The normalized spacial score (nSPS) is 27.5. The molecule has 94 valence electrons. The number of para-hydroxylation sites is 1. The zero-order chi connectivity index (χ0) is 12.1. The number of hydrogen-bond acceptors (Lipinski definition) is 3. The molecule has 0 saturated heterocycles. The Hall–Kier alpha value is -0.580. The second kappa shape index (κ2) is 6.38. The summed E-state index contributed by atoms with van der Waals surface area (Å²) in [4.78, 5) is 0.424. The lowest BCUT2D eigenvalue weighted by molar-refractivity contribution is -0.110. The van der Waals surface area contributed by atoms with Crippen LogP contribution >= 0.6 is 15.9 Å². The van der Waals surface area contributed by atoms with Crippen molar-refractivity contribution < 1.29 is 14.2 Å². The monoisotopic (exact) mass is 300 g/mol. The van der Waals surface area contributed by atoms with Crippen molar-refractivity contribution in [2.24, 2.45) is 0 Å². The lowest BCUT2D eigenvalue weighted by Crippen LogP contribution is -2.50. The van der Waals surface area contributed by atoms with Gasteiger partial charge in [-0.3, -0.25) is 0 Å². The van der Waals surface area contributed by atoms with E-state index >= 15 is 0 Å². The maximum atomic E-state index is 5.69. The first kappa shape index (κ1) is 12.9. The molecule has 0 heterocycles. The van der Waals surface area contributed by atoms with Crippen LogP contribution in [0.5, 0.6) is 5.75 Å². The molecule has 2 rings (SSSR count). The standard InChI is InChI=1S/C13H17BrO3/c1-15-13-11(14)9-12(13)17-8-7-16-10-5-3-2-4-6-10/h2-6,11-13H,7-9H2,1H3. The molecule has 3 unspecified atom stereocenters. The molecule has 0 bridgehead atoms. The Kier molecular flexibility index (Phi) is 4.83. The first-order chi connectivity index (χ1) is 8.31. The Balaban J connectivity index is 1.61. The van der Waals surface area contributed by atoms with Gasteiger partial charge in [0.1, 0.15) is 12.4 Å². The number of alkyl halides is 1. The lowest BCUT2D eigenvalue weighted by atomic mass is 9.91. The fraction of sp³-hybridized carbons (Fsp3) is 0.538. The Labute approximate surface area is 110 Å². The summed E-state index contributed by atoms with van der Waals surface area (Å²) >= 11 is 3.54. The molecular formula is C13H17BrO3. The number of ether oxygens (including phenoxy) is 3. The highest BCUT2D eigenvalue weighted by Crippen LogP contribution is 2.32. The zero-order valence-electron chi connectivity index (χ0n) is 9.84. The molecule has 1 aromatic rings. The van der Waals surface area contributed by atoms with Crippen LogP contribution in [0, 0.1) is 0 Å². The van der Waals surface area contributed by atoms with E-state index in [0.29, 0.717) is 18.0 Å². The Morgan fingerprint density at radius 3 is 2.65 bits per heavy atom. The van der Waals surface area contributed by atoms with E-state index in [0.717, 1.165) is 12.2 Å². The number of benzene rings is 1. The van der Waals surface area contributed by atoms with Gasteiger partial charge in [-0.2, -0.15) is 0 Å². The third-order valence-electron chi connectivity index (χ3n) is 2.88. The summed E-state index contributed by atoms with van der Waals surface area (Å²) in [5, 5.41) is 0. The van der Waals surface area contributed by atoms with Crippen molar-refractivity contribution in [2.45, 2.75) is 23.5 Å². The van der Waals surface area contributed by atoms with Gasteiger partial charge in [-0.05, 0) is 18.6 Å². The van der Waals surface area contributed by atoms with Crippen LogP contribution in [0.2, 0.25) is 0 Å². The second-order valence-corrected chi connectivity index (χ2v) is 5.20. The van der Waals surface area contributed by atoms with E-state index in [4.69, 9.17) is 14.2 Å². The van der Waals surface area contributed by atoms with E-state index in [2.05, 4.69) is 15.9 Å². The van der Waals surface area contributed by atoms with Crippen molar-refractivity contribution in [2.75, 3.05) is 20.3 Å². The molecule has 0 aliphatic heterocycles. The number of rotatable bonds is 6. The molecule has 17 heavy (non-hydrogen) atoms. The number of hydrogen-bond donors (Lipinski definition) is 0. The minimum absolute atomic E-state index is 0.173. The maximum absolute atomic E-state index is 5.69. The smallest absolute Gasteiger partial charge is 0.119 e. The van der Waals surface area contributed by atoms with Gasteiger partial charge in [0.05, 0.1) is 18.8 Å². The zero-order valence-corrected chi connectivity index (χ0v) is 11.4. The van der Waals surface area contributed by atoms with Crippen LogP contribution in [-0.2, 0) is 9.47 Å². The summed E-state index contributed by atoms with van der Waals surface area (Å²) in [6, 6.07) is 9.76. The van der Waals surface area contributed by atoms with Crippen molar-refractivity contribution in [3.8, 4) is 5.75 Å². The van der Waals surface area contributed by atoms with E-state index in [1.54, 1.807) is 7.11 Å². The highest BCUT2D eigenvalue weighted by Gasteiger charge is 2.40. The fourth-order valence-electron chi connectivity index (χ4n) is 1.87. The summed E-state index contributed by atoms with van der Waals surface area (Å²) < 4.78 is 16.6. The van der Waals surface area contributed by atoms with E-state index < -0.39 is 0 Å². The van der Waals surface area contributed by atoms with Gasteiger partial charge >= 0.3 is 0 Å². The van der Waals surface area contributed by atoms with Crippen LogP contribution in [0.15, 0.2) is 30.3 Å². The van der Waals surface area contributed by atoms with E-state index in [1.807, 2.05) is 30.3 Å². The van der Waals surface area contributed by atoms with E-state index in [9.17, 15) is 0 Å². The third kappa shape index (κ3) is 3.44. The van der Waals surface area contributed by atoms with Crippen LogP contribution in [-0.4, -0.2) is 37.4 Å². The van der Waals surface area contributed by atoms with Gasteiger partial charge in [-0.25, -0.2) is 0 Å². The minimum atomic E-state index is 0.173. The largest absolute Gasteiger partial charge is 0.491 e. The molecule has 1 aliphatic rings. The summed E-state index contributed by atoms with van der Waals surface area (Å²) in [5.74, 6) is 0.881. The minimum Gasteiger partial charge on any atom is -0.491 e. The highest BCUT2D eigenvalue weighted by atomic mass is 79.9. The molecule has 0 N–H and O–H groups in total. The molecule has 1 aromatic carbocycles. The molecule has 0 aromatic heterocycles. The highest BCUT2D eigenvalue weighted by molar-refractivity contribution is 9.09. The van der Waals surface area contributed by atoms with Crippen LogP contribution in [0.25, 0.3) is 0 Å². The van der Waals surface area contributed by atoms with Crippen LogP contribution in [0.4, 0.5) is 0 Å². The molecule has 4 heteroatoms. The van der Waals surface area contributed by atoms with Crippen molar-refractivity contribution in [1.29, 1.82) is 0 Å². The Morgan fingerprint density at radius 1 is 1.24 bits per heavy atom. The molecule has 3 atom stereocenters. The summed E-state index contributed by atoms with van der Waals surface area (Å²) in [5.41, 5.74) is 0. The molecule has 0 amide bonds. The molecule has 1 saturated carbocycles. The van der Waals surface area contributed by atoms with Gasteiger partial charge in [-0.1, -0.05) is 34.1 Å². The van der Waals surface area contributed by atoms with E-state index in [-0.39, 0.29) is 12.2 Å². The summed E-state index contributed by atoms with van der Waals surface area (Å²) in [6.45, 7) is 1.17. The van der Waals surface area contributed by atoms with Crippen molar-refractivity contribution in [3.05, 3.63) is 30.3 Å². The van der Waals surface area contributed by atoms with Crippen molar-refractivity contribution in [1.82, 2.24) is 0 Å². The van der Waals surface area contributed by atoms with Gasteiger partial charge in [0.25, 0.3) is 0 Å². The number of methoxy groups -OCH3 is 1. The Bertz CT molecular complexity index is 331. The first-order valence-corrected chi connectivity index (χ1v) is 6.69. The Morgan fingerprint density at radius 2 is 2.00 bits per heavy atom. The summed E-state index contributed by atoms with van der Waals surface area (Å²) in [6.07, 6.45) is 1.37. The first-order valence-electron chi connectivity index (χ1n) is 5.77. The van der Waals surface area contributed by atoms with Gasteiger partial charge < -0.3 is 14.2 Å². The van der Waals surface area contributed by atoms with Crippen LogP contribution < -0.4 is 4.74 Å². The van der Waals surface area contributed by atoms with Gasteiger partial charge in [0.15, 0.2) is 0 Å². The maximum Gasteiger partial charge on any atom is 0.119 e. The second-order valence-electron chi connectivity index (χ2n) is 4.02. The van der Waals surface area contributed by atoms with Gasteiger partial charge in [0, 0.05) is 11.9 Å². The van der Waals surface area contributed by atoms with Crippen molar-refractivity contribution >= 4 is 15.9 Å². The van der Waals surface area contributed by atoms with Crippen LogP contribution in [0.1, 0.15) is 6.42 Å². The molecule has 1 aliphatic carbocycles. The quantitative estimate of drug-likeness (QED) is 0.597. The average Bonchev–Trinajstić information content (AvgIpc) is 2.34.